The monoisotopic (exact) mass is 403 g/mol. The van der Waals surface area contributed by atoms with Crippen molar-refractivity contribution in [1.82, 2.24) is 9.55 Å². The number of hydrogen-bond acceptors (Lipinski definition) is 5. The summed E-state index contributed by atoms with van der Waals surface area (Å²) in [6.07, 6.45) is 5.44. The number of aromatic nitrogens is 2. The summed E-state index contributed by atoms with van der Waals surface area (Å²) in [5.41, 5.74) is 1.81. The number of anilines is 1. The number of aryl methyl sites for hydroxylation is 2. The van der Waals surface area contributed by atoms with Crippen LogP contribution in [0.25, 0.3) is 15.9 Å². The number of benzene rings is 1. The van der Waals surface area contributed by atoms with Gasteiger partial charge in [0.2, 0.25) is 5.95 Å². The Morgan fingerprint density at radius 2 is 2.11 bits per heavy atom. The predicted octanol–water partition coefficient (Wildman–Crippen LogP) is 3.80. The SMILES string of the molecule is CN(CCO)c1nc2sc3c(c2c(=O)n1-c1cccc(Cl)c1)CCCCC3. The highest BCUT2D eigenvalue weighted by atomic mass is 35.5. The number of rotatable bonds is 4. The Hall–Kier alpha value is -1.89. The molecule has 3 aromatic rings. The molecule has 27 heavy (non-hydrogen) atoms. The fraction of sp³-hybridized carbons (Fsp3) is 0.400. The smallest absolute Gasteiger partial charge is 0.268 e. The summed E-state index contributed by atoms with van der Waals surface area (Å²) in [4.78, 5) is 22.4. The van der Waals surface area contributed by atoms with E-state index in [-0.39, 0.29) is 12.2 Å². The number of halogens is 1. The quantitative estimate of drug-likeness (QED) is 0.673. The van der Waals surface area contributed by atoms with Crippen molar-refractivity contribution in [3.8, 4) is 5.69 Å². The van der Waals surface area contributed by atoms with Crippen LogP contribution in [0.3, 0.4) is 0 Å². The molecule has 1 N–H and O–H groups in total. The first-order valence-corrected chi connectivity index (χ1v) is 10.4. The van der Waals surface area contributed by atoms with Gasteiger partial charge in [0.05, 0.1) is 17.7 Å². The molecule has 0 aliphatic heterocycles. The Morgan fingerprint density at radius 1 is 1.30 bits per heavy atom. The molecule has 1 aliphatic rings. The Labute approximate surface area is 166 Å². The molecule has 0 saturated carbocycles. The van der Waals surface area contributed by atoms with Gasteiger partial charge in [-0.15, -0.1) is 11.3 Å². The Kier molecular flexibility index (Phi) is 5.21. The first kappa shape index (κ1) is 18.5. The maximum absolute atomic E-state index is 13.6. The molecule has 0 amide bonds. The van der Waals surface area contributed by atoms with Crippen LogP contribution < -0.4 is 10.5 Å². The van der Waals surface area contributed by atoms with E-state index in [1.165, 1.54) is 23.3 Å². The summed E-state index contributed by atoms with van der Waals surface area (Å²) < 4.78 is 1.63. The third kappa shape index (κ3) is 3.37. The molecule has 1 aromatic carbocycles. The van der Waals surface area contributed by atoms with Crippen LogP contribution in [0.15, 0.2) is 29.1 Å². The first-order chi connectivity index (χ1) is 13.1. The van der Waals surface area contributed by atoms with Crippen LogP contribution in [0.5, 0.6) is 0 Å². The second-order valence-corrected chi connectivity index (χ2v) is 8.44. The summed E-state index contributed by atoms with van der Waals surface area (Å²) in [5, 5.41) is 10.7. The van der Waals surface area contributed by atoms with Gasteiger partial charge in [-0.2, -0.15) is 0 Å². The first-order valence-electron chi connectivity index (χ1n) is 9.25. The maximum Gasteiger partial charge on any atom is 0.268 e. The molecule has 0 radical (unpaired) electrons. The molecule has 142 valence electrons. The van der Waals surface area contributed by atoms with Crippen molar-refractivity contribution < 1.29 is 5.11 Å². The minimum absolute atomic E-state index is 0.0130. The molecule has 2 aromatic heterocycles. The van der Waals surface area contributed by atoms with Gasteiger partial charge < -0.3 is 10.0 Å². The summed E-state index contributed by atoms with van der Waals surface area (Å²) in [6, 6.07) is 7.26. The molecule has 2 heterocycles. The molecule has 0 atom stereocenters. The number of hydrogen-bond donors (Lipinski definition) is 1. The van der Waals surface area contributed by atoms with Crippen LogP contribution in [0.2, 0.25) is 5.02 Å². The highest BCUT2D eigenvalue weighted by molar-refractivity contribution is 7.18. The van der Waals surface area contributed by atoms with E-state index in [2.05, 4.69) is 0 Å². The van der Waals surface area contributed by atoms with Crippen molar-refractivity contribution in [3.05, 3.63) is 50.1 Å². The van der Waals surface area contributed by atoms with Crippen molar-refractivity contribution in [3.63, 3.8) is 0 Å². The molecule has 4 rings (SSSR count). The fourth-order valence-electron chi connectivity index (χ4n) is 3.73. The van der Waals surface area contributed by atoms with Crippen LogP contribution in [0.1, 0.15) is 29.7 Å². The van der Waals surface area contributed by atoms with Gasteiger partial charge in [-0.05, 0) is 49.4 Å². The molecule has 5 nitrogen and oxygen atoms in total. The van der Waals surface area contributed by atoms with E-state index in [4.69, 9.17) is 16.6 Å². The van der Waals surface area contributed by atoms with E-state index in [1.54, 1.807) is 28.0 Å². The number of likely N-dealkylation sites (N-methyl/N-ethyl adjacent to an activating group) is 1. The second kappa shape index (κ2) is 7.62. The van der Waals surface area contributed by atoms with Crippen LogP contribution >= 0.6 is 22.9 Å². The van der Waals surface area contributed by atoms with Crippen molar-refractivity contribution in [2.45, 2.75) is 32.1 Å². The van der Waals surface area contributed by atoms with Crippen LogP contribution in [-0.4, -0.2) is 34.9 Å². The third-order valence-electron chi connectivity index (χ3n) is 5.06. The van der Waals surface area contributed by atoms with Gasteiger partial charge in [-0.3, -0.25) is 4.79 Å². The van der Waals surface area contributed by atoms with E-state index in [0.29, 0.717) is 23.2 Å². The molecule has 0 saturated heterocycles. The minimum atomic E-state index is -0.0542. The van der Waals surface area contributed by atoms with Gasteiger partial charge in [0.1, 0.15) is 4.83 Å². The zero-order valence-electron chi connectivity index (χ0n) is 15.2. The maximum atomic E-state index is 13.6. The number of aliphatic hydroxyl groups is 1. The summed E-state index contributed by atoms with van der Waals surface area (Å²) in [6.45, 7) is 0.379. The van der Waals surface area contributed by atoms with E-state index < -0.39 is 0 Å². The average Bonchev–Trinajstić information content (AvgIpc) is 2.83. The van der Waals surface area contributed by atoms with Gasteiger partial charge in [0, 0.05) is 23.5 Å². The van der Waals surface area contributed by atoms with Crippen molar-refractivity contribution in [2.75, 3.05) is 25.1 Å². The standard InChI is InChI=1S/C20H22ClN3O2S/c1-23(10-11-25)20-22-18-17(15-8-3-2-4-9-16(15)27-18)19(26)24(20)14-7-5-6-13(21)12-14/h5-7,12,25H,2-4,8-11H2,1H3. The van der Waals surface area contributed by atoms with Gasteiger partial charge >= 0.3 is 0 Å². The molecule has 0 fully saturated rings. The summed E-state index contributed by atoms with van der Waals surface area (Å²) >= 11 is 7.83. The van der Waals surface area contributed by atoms with E-state index in [0.717, 1.165) is 29.5 Å². The lowest BCUT2D eigenvalue weighted by molar-refractivity contribution is 0.303. The van der Waals surface area contributed by atoms with Crippen LogP contribution in [0, 0.1) is 0 Å². The Balaban J connectivity index is 2.03. The normalized spacial score (nSPS) is 14.2. The number of aliphatic hydroxyl groups excluding tert-OH is 1. The highest BCUT2D eigenvalue weighted by Crippen LogP contribution is 2.34. The number of thiophene rings is 1. The lowest BCUT2D eigenvalue weighted by Crippen LogP contribution is -2.31. The van der Waals surface area contributed by atoms with Crippen molar-refractivity contribution >= 4 is 39.1 Å². The Bertz CT molecular complexity index is 1040. The third-order valence-corrected chi connectivity index (χ3v) is 6.49. The zero-order chi connectivity index (χ0) is 19.0. The number of nitrogens with zero attached hydrogens (tertiary/aromatic N) is 3. The molecule has 0 bridgehead atoms. The van der Waals surface area contributed by atoms with Crippen molar-refractivity contribution in [1.29, 1.82) is 0 Å². The molecule has 0 spiro atoms. The lowest BCUT2D eigenvalue weighted by atomic mass is 10.1. The van der Waals surface area contributed by atoms with Gasteiger partial charge in [0.15, 0.2) is 0 Å². The topological polar surface area (TPSA) is 58.4 Å². The summed E-state index contributed by atoms with van der Waals surface area (Å²) in [5.74, 6) is 0.528. The zero-order valence-corrected chi connectivity index (χ0v) is 16.8. The second-order valence-electron chi connectivity index (χ2n) is 6.92. The molecule has 7 heteroatoms. The van der Waals surface area contributed by atoms with E-state index in [1.807, 2.05) is 24.1 Å². The molecular weight excluding hydrogens is 382 g/mol. The van der Waals surface area contributed by atoms with Crippen molar-refractivity contribution in [2.24, 2.45) is 0 Å². The highest BCUT2D eigenvalue weighted by Gasteiger charge is 2.23. The van der Waals surface area contributed by atoms with Gasteiger partial charge in [0.25, 0.3) is 5.56 Å². The molecular formula is C20H22ClN3O2S. The minimum Gasteiger partial charge on any atom is -0.395 e. The van der Waals surface area contributed by atoms with Gasteiger partial charge in [-0.25, -0.2) is 9.55 Å². The lowest BCUT2D eigenvalue weighted by Gasteiger charge is -2.21. The van der Waals surface area contributed by atoms with Crippen LogP contribution in [0.4, 0.5) is 5.95 Å². The van der Waals surface area contributed by atoms with E-state index >= 15 is 0 Å². The molecule has 1 aliphatic carbocycles. The predicted molar refractivity (Wildman–Crippen MR) is 112 cm³/mol. The fourth-order valence-corrected chi connectivity index (χ4v) is 5.16. The molecule has 0 unspecified atom stereocenters. The average molecular weight is 404 g/mol. The Morgan fingerprint density at radius 3 is 2.89 bits per heavy atom. The number of fused-ring (bicyclic) bond motifs is 3. The summed E-state index contributed by atoms with van der Waals surface area (Å²) in [7, 11) is 1.84. The van der Waals surface area contributed by atoms with E-state index in [9.17, 15) is 9.90 Å². The van der Waals surface area contributed by atoms with Gasteiger partial charge in [-0.1, -0.05) is 24.1 Å². The van der Waals surface area contributed by atoms with Crippen LogP contribution in [-0.2, 0) is 12.8 Å². The largest absolute Gasteiger partial charge is 0.395 e.